The highest BCUT2D eigenvalue weighted by Crippen LogP contribution is 2.31. The van der Waals surface area contributed by atoms with Gasteiger partial charge in [-0.1, -0.05) is 0 Å². The van der Waals surface area contributed by atoms with Crippen LogP contribution in [-0.4, -0.2) is 70.4 Å². The number of aromatic nitrogens is 2. The summed E-state index contributed by atoms with van der Waals surface area (Å²) in [5.41, 5.74) is 1.68. The van der Waals surface area contributed by atoms with E-state index in [4.69, 9.17) is 4.74 Å². The number of hydrogen-bond acceptors (Lipinski definition) is 4. The number of ether oxygens (including phenoxy) is 1. The van der Waals surface area contributed by atoms with Crippen LogP contribution in [0.1, 0.15) is 48.8 Å². The Hall–Kier alpha value is -1.40. The van der Waals surface area contributed by atoms with Crippen molar-refractivity contribution in [2.24, 2.45) is 5.92 Å². The second-order valence-electron chi connectivity index (χ2n) is 7.84. The van der Waals surface area contributed by atoms with Gasteiger partial charge in [0.2, 0.25) is 0 Å². The molecule has 4 aliphatic heterocycles. The number of carbonyl (C=O) groups excluding carboxylic acids is 1. The summed E-state index contributed by atoms with van der Waals surface area (Å²) in [5, 5.41) is 4.52. The van der Waals surface area contributed by atoms with Crippen LogP contribution in [0.15, 0.2) is 6.07 Å². The van der Waals surface area contributed by atoms with E-state index in [1.165, 1.54) is 6.42 Å². The highest BCUT2D eigenvalue weighted by Gasteiger charge is 2.40. The van der Waals surface area contributed by atoms with Crippen molar-refractivity contribution in [1.29, 1.82) is 0 Å². The first-order valence-electron chi connectivity index (χ1n) is 9.83. The van der Waals surface area contributed by atoms with Gasteiger partial charge < -0.3 is 9.64 Å². The molecule has 0 radical (unpaired) electrons. The van der Waals surface area contributed by atoms with E-state index >= 15 is 0 Å². The Balaban J connectivity index is 1.50. The second kappa shape index (κ2) is 7.08. The Labute approximate surface area is 150 Å². The summed E-state index contributed by atoms with van der Waals surface area (Å²) in [6.45, 7) is 9.69. The van der Waals surface area contributed by atoms with Gasteiger partial charge in [0.05, 0.1) is 0 Å². The van der Waals surface area contributed by atoms with E-state index in [1.807, 2.05) is 17.7 Å². The van der Waals surface area contributed by atoms with Crippen molar-refractivity contribution in [3.8, 4) is 0 Å². The molecule has 138 valence electrons. The molecule has 5 rings (SSSR count). The molecule has 2 bridgehead atoms. The average Bonchev–Trinajstić information content (AvgIpc) is 2.82. The molecule has 6 heteroatoms. The molecule has 0 aromatic carbocycles. The van der Waals surface area contributed by atoms with Crippen molar-refractivity contribution >= 4 is 5.91 Å². The highest BCUT2D eigenvalue weighted by atomic mass is 16.5. The maximum Gasteiger partial charge on any atom is 0.274 e. The van der Waals surface area contributed by atoms with Gasteiger partial charge in [-0.15, -0.1) is 0 Å². The van der Waals surface area contributed by atoms with Gasteiger partial charge in [-0.25, -0.2) is 0 Å². The van der Waals surface area contributed by atoms with Crippen LogP contribution >= 0.6 is 0 Å². The van der Waals surface area contributed by atoms with E-state index in [0.29, 0.717) is 23.7 Å². The number of fused-ring (bicyclic) bond motifs is 4. The largest absolute Gasteiger partial charge is 0.381 e. The Morgan fingerprint density at radius 3 is 2.68 bits per heavy atom. The number of amides is 1. The first-order valence-corrected chi connectivity index (χ1v) is 9.83. The molecular weight excluding hydrogens is 316 g/mol. The van der Waals surface area contributed by atoms with Crippen molar-refractivity contribution in [3.63, 3.8) is 0 Å². The Bertz CT molecular complexity index is 623. The predicted molar refractivity (Wildman–Crippen MR) is 95.6 cm³/mol. The molecule has 5 heterocycles. The van der Waals surface area contributed by atoms with E-state index in [2.05, 4.69) is 21.8 Å². The number of hydrogen-bond donors (Lipinski definition) is 0. The van der Waals surface area contributed by atoms with E-state index in [9.17, 15) is 4.79 Å². The van der Waals surface area contributed by atoms with Crippen LogP contribution in [0.25, 0.3) is 0 Å². The molecule has 0 saturated carbocycles. The lowest BCUT2D eigenvalue weighted by Gasteiger charge is -2.36. The first-order chi connectivity index (χ1) is 12.2. The van der Waals surface area contributed by atoms with Gasteiger partial charge in [0, 0.05) is 57.2 Å². The number of rotatable bonds is 3. The van der Waals surface area contributed by atoms with E-state index in [0.717, 1.165) is 64.3 Å². The van der Waals surface area contributed by atoms with Crippen LogP contribution in [0.5, 0.6) is 0 Å². The van der Waals surface area contributed by atoms with Gasteiger partial charge in [-0.05, 0) is 51.5 Å². The topological polar surface area (TPSA) is 50.6 Å². The summed E-state index contributed by atoms with van der Waals surface area (Å²) in [5.74, 6) is 0.721. The van der Waals surface area contributed by atoms with Gasteiger partial charge in [-0.3, -0.25) is 14.4 Å². The van der Waals surface area contributed by atoms with Crippen molar-refractivity contribution in [3.05, 3.63) is 17.5 Å². The fourth-order valence-corrected chi connectivity index (χ4v) is 4.80. The number of piperidine rings is 1. The zero-order valence-electron chi connectivity index (χ0n) is 15.5. The van der Waals surface area contributed by atoms with Gasteiger partial charge in [0.25, 0.3) is 5.91 Å². The zero-order chi connectivity index (χ0) is 17.4. The molecular formula is C19H30N4O2. The average molecular weight is 346 g/mol. The van der Waals surface area contributed by atoms with Crippen molar-refractivity contribution < 1.29 is 9.53 Å². The maximum absolute atomic E-state index is 13.1. The van der Waals surface area contributed by atoms with Crippen molar-refractivity contribution in [2.75, 3.05) is 32.8 Å². The molecule has 2 unspecified atom stereocenters. The Morgan fingerprint density at radius 1 is 1.16 bits per heavy atom. The number of carbonyl (C=O) groups is 1. The molecule has 0 aliphatic carbocycles. The molecule has 2 atom stereocenters. The van der Waals surface area contributed by atoms with Crippen LogP contribution in [0, 0.1) is 12.8 Å². The normalized spacial score (nSPS) is 28.3. The Kier molecular flexibility index (Phi) is 4.82. The minimum atomic E-state index is 0.124. The van der Waals surface area contributed by atoms with Gasteiger partial charge >= 0.3 is 0 Å². The van der Waals surface area contributed by atoms with Crippen molar-refractivity contribution in [1.82, 2.24) is 19.6 Å². The SMILES string of the molecule is CCn1nc(C(=O)N2CC3CCC2CN(C2CCOCC2)C3)cc1C. The molecule has 25 heavy (non-hydrogen) atoms. The number of aryl methyl sites for hydroxylation is 2. The smallest absolute Gasteiger partial charge is 0.274 e. The minimum absolute atomic E-state index is 0.124. The molecule has 4 fully saturated rings. The summed E-state index contributed by atoms with van der Waals surface area (Å²) >= 11 is 0. The fourth-order valence-electron chi connectivity index (χ4n) is 4.80. The third-order valence-electron chi connectivity index (χ3n) is 6.21. The monoisotopic (exact) mass is 346 g/mol. The van der Waals surface area contributed by atoms with Crippen LogP contribution in [0.3, 0.4) is 0 Å². The lowest BCUT2D eigenvalue weighted by atomic mass is 9.94. The summed E-state index contributed by atoms with van der Waals surface area (Å²) in [6, 6.07) is 2.91. The quantitative estimate of drug-likeness (QED) is 0.839. The standard InChI is InChI=1S/C19H30N4O2/c1-3-23-14(2)10-18(20-23)19(24)22-12-15-4-5-17(22)13-21(11-15)16-6-8-25-9-7-16/h10,15-17H,3-9,11-13H2,1-2H3. The van der Waals surface area contributed by atoms with E-state index < -0.39 is 0 Å². The molecule has 1 amide bonds. The first kappa shape index (κ1) is 17.0. The van der Waals surface area contributed by atoms with Crippen LogP contribution in [-0.2, 0) is 11.3 Å². The predicted octanol–water partition coefficient (Wildman–Crippen LogP) is 1.93. The summed E-state index contributed by atoms with van der Waals surface area (Å²) in [7, 11) is 0. The number of nitrogens with zero attached hydrogens (tertiary/aromatic N) is 4. The minimum Gasteiger partial charge on any atom is -0.381 e. The summed E-state index contributed by atoms with van der Waals surface area (Å²) < 4.78 is 7.44. The van der Waals surface area contributed by atoms with Gasteiger partial charge in [0.15, 0.2) is 5.69 Å². The fraction of sp³-hybridized carbons (Fsp3) is 0.789. The van der Waals surface area contributed by atoms with E-state index in [1.54, 1.807) is 0 Å². The molecule has 4 aliphatic rings. The summed E-state index contributed by atoms with van der Waals surface area (Å²) in [6.07, 6.45) is 4.64. The van der Waals surface area contributed by atoms with Crippen LogP contribution < -0.4 is 0 Å². The molecule has 1 aromatic rings. The molecule has 1 aromatic heterocycles. The third-order valence-corrected chi connectivity index (χ3v) is 6.21. The van der Waals surface area contributed by atoms with Crippen LogP contribution in [0.2, 0.25) is 0 Å². The molecule has 0 N–H and O–H groups in total. The van der Waals surface area contributed by atoms with E-state index in [-0.39, 0.29) is 5.91 Å². The molecule has 0 spiro atoms. The lowest BCUT2D eigenvalue weighted by Crippen LogP contribution is -2.48. The van der Waals surface area contributed by atoms with Gasteiger partial charge in [-0.2, -0.15) is 5.10 Å². The second-order valence-corrected chi connectivity index (χ2v) is 7.84. The maximum atomic E-state index is 13.1. The lowest BCUT2D eigenvalue weighted by molar-refractivity contribution is 0.0304. The molecule has 4 saturated heterocycles. The zero-order valence-corrected chi connectivity index (χ0v) is 15.5. The highest BCUT2D eigenvalue weighted by molar-refractivity contribution is 5.92. The van der Waals surface area contributed by atoms with Gasteiger partial charge in [0.1, 0.15) is 0 Å². The Morgan fingerprint density at radius 2 is 1.96 bits per heavy atom. The van der Waals surface area contributed by atoms with Crippen molar-refractivity contribution in [2.45, 2.75) is 58.2 Å². The summed E-state index contributed by atoms with van der Waals surface area (Å²) in [4.78, 5) is 17.9. The molecule has 6 nitrogen and oxygen atoms in total. The van der Waals surface area contributed by atoms with Crippen LogP contribution in [0.4, 0.5) is 0 Å². The third kappa shape index (κ3) is 3.34.